The van der Waals surface area contributed by atoms with Gasteiger partial charge in [0, 0.05) is 17.2 Å². The van der Waals surface area contributed by atoms with E-state index in [-0.39, 0.29) is 28.6 Å². The van der Waals surface area contributed by atoms with Crippen molar-refractivity contribution in [1.82, 2.24) is 24.5 Å². The van der Waals surface area contributed by atoms with Crippen LogP contribution in [0.1, 0.15) is 16.3 Å². The minimum Gasteiger partial charge on any atom is -0.477 e. The minimum atomic E-state index is -1.16. The molecule has 2 aliphatic heterocycles. The smallest absolute Gasteiger partial charge is 0.378 e. The van der Waals surface area contributed by atoms with Gasteiger partial charge in [-0.1, -0.05) is 0 Å². The first kappa shape index (κ1) is 19.7. The summed E-state index contributed by atoms with van der Waals surface area (Å²) in [7, 11) is 1.24. The van der Waals surface area contributed by atoms with E-state index in [1.807, 2.05) is 0 Å². The van der Waals surface area contributed by atoms with Crippen LogP contribution < -0.4 is 5.73 Å². The maximum absolute atomic E-state index is 12.1. The number of ether oxygens (including phenoxy) is 1. The molecule has 0 radical (unpaired) electrons. The van der Waals surface area contributed by atoms with Crippen molar-refractivity contribution >= 4 is 47.1 Å². The summed E-state index contributed by atoms with van der Waals surface area (Å²) < 4.78 is 6.05. The van der Waals surface area contributed by atoms with Crippen LogP contribution in [-0.2, 0) is 14.3 Å². The van der Waals surface area contributed by atoms with Gasteiger partial charge in [0.1, 0.15) is 22.1 Å². The van der Waals surface area contributed by atoms with Gasteiger partial charge in [-0.15, -0.1) is 28.6 Å². The van der Waals surface area contributed by atoms with Crippen molar-refractivity contribution in [1.29, 1.82) is 0 Å². The number of aliphatic carboxylic acids is 1. The Morgan fingerprint density at radius 2 is 2.21 bits per heavy atom. The fourth-order valence-corrected chi connectivity index (χ4v) is 5.57. The highest BCUT2D eigenvalue weighted by Crippen LogP contribution is 2.40. The van der Waals surface area contributed by atoms with E-state index in [1.165, 1.54) is 40.0 Å². The molecular formula is C16H16N6O5S2. The van der Waals surface area contributed by atoms with Gasteiger partial charge >= 0.3 is 11.9 Å². The third kappa shape index (κ3) is 3.24. The molecule has 1 fully saturated rings. The molecule has 29 heavy (non-hydrogen) atoms. The molecule has 4 heterocycles. The second-order valence-electron chi connectivity index (χ2n) is 6.36. The van der Waals surface area contributed by atoms with Crippen LogP contribution in [0.3, 0.4) is 0 Å². The molecule has 152 valence electrons. The summed E-state index contributed by atoms with van der Waals surface area (Å²) in [5.41, 5.74) is 7.04. The Kier molecular flexibility index (Phi) is 4.96. The van der Waals surface area contributed by atoms with Crippen LogP contribution in [0.5, 0.6) is 0 Å². The van der Waals surface area contributed by atoms with E-state index in [2.05, 4.69) is 19.8 Å². The SMILES string of the molecule is COC(=O)c1nc2nc(C)cc(SCC3=C(C(=O)O)N4C(=O)[C@@H](N)[C@H]4SC3)n2n1. The molecule has 0 spiro atoms. The maximum atomic E-state index is 12.1. The number of carbonyl (C=O) groups is 3. The largest absolute Gasteiger partial charge is 0.477 e. The number of hydrogen-bond acceptors (Lipinski definition) is 10. The Morgan fingerprint density at radius 1 is 1.45 bits per heavy atom. The highest BCUT2D eigenvalue weighted by Gasteiger charge is 2.51. The first-order valence-corrected chi connectivity index (χ1v) is 10.5. The molecule has 3 N–H and O–H groups in total. The fourth-order valence-electron chi connectivity index (χ4n) is 3.09. The van der Waals surface area contributed by atoms with Crippen LogP contribution in [0, 0.1) is 6.92 Å². The second kappa shape index (κ2) is 7.31. The summed E-state index contributed by atoms with van der Waals surface area (Å²) in [5, 5.41) is 14.1. The fraction of sp³-hybridized carbons (Fsp3) is 0.375. The molecular weight excluding hydrogens is 420 g/mol. The molecule has 2 atom stereocenters. The van der Waals surface area contributed by atoms with Crippen LogP contribution in [0.4, 0.5) is 0 Å². The molecule has 0 aromatic carbocycles. The van der Waals surface area contributed by atoms with Gasteiger partial charge in [-0.2, -0.15) is 9.50 Å². The van der Waals surface area contributed by atoms with Crippen molar-refractivity contribution in [2.45, 2.75) is 23.4 Å². The van der Waals surface area contributed by atoms with Gasteiger partial charge in [0.2, 0.25) is 5.91 Å². The number of nitrogens with two attached hydrogens (primary N) is 1. The second-order valence-corrected chi connectivity index (χ2v) is 8.46. The Balaban J connectivity index is 1.65. The van der Waals surface area contributed by atoms with Gasteiger partial charge in [0.25, 0.3) is 11.6 Å². The number of methoxy groups -OCH3 is 1. The van der Waals surface area contributed by atoms with Crippen molar-refractivity contribution in [3.05, 3.63) is 28.9 Å². The van der Waals surface area contributed by atoms with Crippen molar-refractivity contribution in [3.63, 3.8) is 0 Å². The van der Waals surface area contributed by atoms with Gasteiger partial charge in [-0.3, -0.25) is 9.69 Å². The Labute approximate surface area is 172 Å². The van der Waals surface area contributed by atoms with Crippen LogP contribution in [-0.4, -0.2) is 77.5 Å². The zero-order valence-corrected chi connectivity index (χ0v) is 17.0. The standard InChI is InChI=1S/C16H16N6O5S2/c1-6-3-8(22-16(18-6)19-11(20-22)15(26)27-2)28-4-7-5-29-13-9(17)12(23)21(13)10(7)14(24)25/h3,9,13H,4-5,17H2,1-2H3,(H,24,25)/t9-,13-/m1/s1. The summed E-state index contributed by atoms with van der Waals surface area (Å²) in [4.78, 5) is 45.1. The topological polar surface area (TPSA) is 153 Å². The lowest BCUT2D eigenvalue weighted by atomic mass is 10.0. The highest BCUT2D eigenvalue weighted by molar-refractivity contribution is 8.01. The number of carboxylic acids is 1. The zero-order valence-electron chi connectivity index (χ0n) is 15.4. The number of aromatic nitrogens is 4. The van der Waals surface area contributed by atoms with Crippen molar-refractivity contribution in [3.8, 4) is 0 Å². The summed E-state index contributed by atoms with van der Waals surface area (Å²) in [6.45, 7) is 1.78. The van der Waals surface area contributed by atoms with E-state index in [1.54, 1.807) is 13.0 Å². The minimum absolute atomic E-state index is 0.0104. The highest BCUT2D eigenvalue weighted by atomic mass is 32.2. The lowest BCUT2D eigenvalue weighted by molar-refractivity contribution is -0.147. The van der Waals surface area contributed by atoms with Gasteiger partial charge in [-0.25, -0.2) is 14.6 Å². The predicted molar refractivity (Wildman–Crippen MR) is 103 cm³/mol. The summed E-state index contributed by atoms with van der Waals surface area (Å²) in [6, 6.07) is 1.09. The van der Waals surface area contributed by atoms with Crippen LogP contribution in [0.2, 0.25) is 0 Å². The number of carboxylic acid groups (broad SMARTS) is 1. The number of rotatable bonds is 5. The number of carbonyl (C=O) groups excluding carboxylic acids is 2. The molecule has 2 aromatic rings. The molecule has 2 aromatic heterocycles. The molecule has 13 heteroatoms. The van der Waals surface area contributed by atoms with Gasteiger partial charge in [0.05, 0.1) is 7.11 Å². The average Bonchev–Trinajstić information content (AvgIpc) is 3.13. The quantitative estimate of drug-likeness (QED) is 0.279. The summed E-state index contributed by atoms with van der Waals surface area (Å²) in [6.07, 6.45) is 0. The zero-order chi connectivity index (χ0) is 20.9. The summed E-state index contributed by atoms with van der Waals surface area (Å²) in [5.74, 6) is -1.33. The van der Waals surface area contributed by atoms with Crippen LogP contribution in [0.15, 0.2) is 22.4 Å². The number of β-lactam (4-membered cyclic amide) rings is 1. The molecule has 0 aliphatic carbocycles. The maximum Gasteiger partial charge on any atom is 0.378 e. The first-order valence-electron chi connectivity index (χ1n) is 8.43. The molecule has 11 nitrogen and oxygen atoms in total. The normalized spacial score (nSPS) is 21.2. The Morgan fingerprint density at radius 3 is 2.90 bits per heavy atom. The van der Waals surface area contributed by atoms with E-state index >= 15 is 0 Å². The number of hydrogen-bond donors (Lipinski definition) is 2. The lowest BCUT2D eigenvalue weighted by Crippen LogP contribution is -2.68. The van der Waals surface area contributed by atoms with E-state index in [0.717, 1.165) is 0 Å². The average molecular weight is 436 g/mol. The van der Waals surface area contributed by atoms with Gasteiger partial charge in [0.15, 0.2) is 0 Å². The molecule has 0 unspecified atom stereocenters. The monoisotopic (exact) mass is 436 g/mol. The molecule has 0 saturated carbocycles. The Bertz CT molecular complexity index is 1080. The molecule has 4 rings (SSSR count). The number of nitrogens with zero attached hydrogens (tertiary/aromatic N) is 5. The number of esters is 1. The van der Waals surface area contributed by atoms with Crippen molar-refractivity contribution in [2.24, 2.45) is 5.73 Å². The molecule has 1 saturated heterocycles. The van der Waals surface area contributed by atoms with Gasteiger partial charge in [-0.05, 0) is 18.6 Å². The van der Waals surface area contributed by atoms with E-state index < -0.39 is 18.0 Å². The molecule has 0 bridgehead atoms. The molecule has 2 aliphatic rings. The van der Waals surface area contributed by atoms with Gasteiger partial charge < -0.3 is 15.6 Å². The number of amides is 1. The number of fused-ring (bicyclic) bond motifs is 2. The number of aryl methyl sites for hydroxylation is 1. The van der Waals surface area contributed by atoms with E-state index in [9.17, 15) is 19.5 Å². The van der Waals surface area contributed by atoms with Crippen molar-refractivity contribution in [2.75, 3.05) is 18.6 Å². The predicted octanol–water partition coefficient (Wildman–Crippen LogP) is -0.107. The summed E-state index contributed by atoms with van der Waals surface area (Å²) >= 11 is 2.76. The lowest BCUT2D eigenvalue weighted by Gasteiger charge is -2.48. The first-order chi connectivity index (χ1) is 13.8. The number of thioether (sulfide) groups is 2. The van der Waals surface area contributed by atoms with Crippen molar-refractivity contribution < 1.29 is 24.2 Å². The molecule has 1 amide bonds. The third-order valence-electron chi connectivity index (χ3n) is 4.46. The third-order valence-corrected chi connectivity index (χ3v) is 6.90. The Hall–Kier alpha value is -2.64. The van der Waals surface area contributed by atoms with Crippen LogP contribution >= 0.6 is 23.5 Å². The van der Waals surface area contributed by atoms with E-state index in [4.69, 9.17) is 5.73 Å². The van der Waals surface area contributed by atoms with Crippen LogP contribution in [0.25, 0.3) is 5.78 Å². The van der Waals surface area contributed by atoms with E-state index in [0.29, 0.717) is 27.8 Å².